The highest BCUT2D eigenvalue weighted by Crippen LogP contribution is 2.43. The number of carbonyl (C=O) groups excluding carboxylic acids is 5. The van der Waals surface area contributed by atoms with Crippen LogP contribution >= 0.6 is 11.6 Å². The van der Waals surface area contributed by atoms with Crippen LogP contribution in [0.25, 0.3) is 0 Å². The van der Waals surface area contributed by atoms with Crippen LogP contribution in [-0.4, -0.2) is 104 Å². The molecule has 0 aliphatic carbocycles. The summed E-state index contributed by atoms with van der Waals surface area (Å²) >= 11 is 6.33. The molecule has 0 bridgehead atoms. The number of imide groups is 1. The van der Waals surface area contributed by atoms with Gasteiger partial charge in [-0.25, -0.2) is 0 Å². The largest absolute Gasteiger partial charge is 0.371 e. The molecule has 1 spiro atoms. The number of likely N-dealkylation sites (N-methyl/N-ethyl adjacent to an activating group) is 1. The van der Waals surface area contributed by atoms with E-state index >= 15 is 0 Å². The average Bonchev–Trinajstić information content (AvgIpc) is 3.99. The summed E-state index contributed by atoms with van der Waals surface area (Å²) in [6.07, 6.45) is 5.34. The first kappa shape index (κ1) is 40.9. The molecule has 8 rings (SSSR count). The zero-order valence-electron chi connectivity index (χ0n) is 33.6. The number of halogens is 1. The number of benzene rings is 3. The fraction of sp³-hybridized carbons (Fsp3) is 0.467. The predicted molar refractivity (Wildman–Crippen MR) is 223 cm³/mol. The minimum absolute atomic E-state index is 0.0502. The molecule has 4 saturated heterocycles. The monoisotopic (exact) mass is 805 g/mol. The van der Waals surface area contributed by atoms with Gasteiger partial charge in [0.1, 0.15) is 12.1 Å². The summed E-state index contributed by atoms with van der Waals surface area (Å²) in [5.41, 5.74) is 6.22. The van der Waals surface area contributed by atoms with Gasteiger partial charge in [0.25, 0.3) is 11.8 Å². The lowest BCUT2D eigenvalue weighted by Gasteiger charge is -2.40. The van der Waals surface area contributed by atoms with Gasteiger partial charge in [-0.05, 0) is 109 Å². The first-order valence-corrected chi connectivity index (χ1v) is 20.9. The molecule has 13 heteroatoms. The van der Waals surface area contributed by atoms with Gasteiger partial charge in [-0.1, -0.05) is 25.4 Å². The lowest BCUT2D eigenvalue weighted by molar-refractivity contribution is -0.136. The molecule has 4 fully saturated rings. The van der Waals surface area contributed by atoms with E-state index in [1.165, 1.54) is 11.9 Å². The lowest BCUT2D eigenvalue weighted by Crippen LogP contribution is -2.53. The van der Waals surface area contributed by atoms with Crippen LogP contribution in [0.15, 0.2) is 54.6 Å². The molecule has 58 heavy (non-hydrogen) atoms. The number of hydrogen-bond donors (Lipinski definition) is 1. The van der Waals surface area contributed by atoms with Crippen molar-refractivity contribution in [2.24, 2.45) is 11.3 Å². The lowest BCUT2D eigenvalue weighted by atomic mass is 9.77. The maximum atomic E-state index is 13.6. The smallest absolute Gasteiger partial charge is 0.255 e. The van der Waals surface area contributed by atoms with Crippen LogP contribution in [0, 0.1) is 22.7 Å². The Labute approximate surface area is 345 Å². The Morgan fingerprint density at radius 3 is 2.26 bits per heavy atom. The molecular weight excluding hydrogens is 754 g/mol. The number of fused-ring (bicyclic) bond motifs is 1. The molecular formula is C45H52ClN7O5. The van der Waals surface area contributed by atoms with Crippen molar-refractivity contribution in [1.82, 2.24) is 20.0 Å². The number of nitriles is 1. The molecule has 12 nitrogen and oxygen atoms in total. The third-order valence-electron chi connectivity index (χ3n) is 12.8. The number of nitrogens with one attached hydrogen (secondary N) is 1. The van der Waals surface area contributed by atoms with Crippen molar-refractivity contribution in [3.8, 4) is 6.07 Å². The van der Waals surface area contributed by atoms with Crippen molar-refractivity contribution in [3.63, 3.8) is 0 Å². The van der Waals surface area contributed by atoms with E-state index in [4.69, 9.17) is 11.6 Å². The molecule has 4 amide bonds. The number of rotatable bonds is 8. The zero-order chi connectivity index (χ0) is 41.1. The number of aldehydes is 1. The van der Waals surface area contributed by atoms with Crippen molar-refractivity contribution in [2.45, 2.75) is 71.5 Å². The maximum Gasteiger partial charge on any atom is 0.255 e. The van der Waals surface area contributed by atoms with E-state index in [0.29, 0.717) is 54.5 Å². The summed E-state index contributed by atoms with van der Waals surface area (Å²) in [5, 5.41) is 12.0. The molecule has 1 N–H and O–H groups in total. The summed E-state index contributed by atoms with van der Waals surface area (Å²) < 4.78 is 0. The standard InChI is InChI=1S/C43H46ClN7O5.C2H6/c1-47(38-8-9-39(53)46-40(38)54)42(56)36-19-32-25-48(24-31(32)18-33(36)26-52)22-28-10-14-50(23-28)41(55)29-2-5-34(6-3-29)49-15-11-43(12-16-49)13-17-51(27-43)35-7-4-30(21-45)37(44)20-35;1-2/h2-7,18-20,26,28,38H,8-17,22-25,27H2,1H3,(H,46,53,54);1-2H3/t28-,38?;/m0./s1. The number of piperidine rings is 2. The van der Waals surface area contributed by atoms with Gasteiger partial charge < -0.3 is 19.6 Å². The topological polar surface area (TPSA) is 137 Å². The van der Waals surface area contributed by atoms with Crippen LogP contribution in [0.1, 0.15) is 100 Å². The Kier molecular flexibility index (Phi) is 12.2. The van der Waals surface area contributed by atoms with Crippen molar-refractivity contribution in [1.29, 1.82) is 5.26 Å². The number of carbonyl (C=O) groups is 5. The molecule has 2 atom stereocenters. The van der Waals surface area contributed by atoms with Crippen LogP contribution < -0.4 is 15.1 Å². The quantitative estimate of drug-likeness (QED) is 0.218. The normalized spacial score (nSPS) is 21.3. The fourth-order valence-corrected chi connectivity index (χ4v) is 9.68. The third-order valence-corrected chi connectivity index (χ3v) is 13.1. The van der Waals surface area contributed by atoms with E-state index < -0.39 is 17.9 Å². The van der Waals surface area contributed by atoms with Crippen LogP contribution in [0.3, 0.4) is 0 Å². The van der Waals surface area contributed by atoms with E-state index in [1.54, 1.807) is 18.2 Å². The highest BCUT2D eigenvalue weighted by molar-refractivity contribution is 6.32. The second kappa shape index (κ2) is 17.3. The first-order valence-electron chi connectivity index (χ1n) is 20.6. The summed E-state index contributed by atoms with van der Waals surface area (Å²) in [6, 6.07) is 18.7. The van der Waals surface area contributed by atoms with Crippen LogP contribution in [0.2, 0.25) is 5.02 Å². The molecule has 0 aromatic heterocycles. The van der Waals surface area contributed by atoms with E-state index in [0.717, 1.165) is 80.9 Å². The molecule has 0 radical (unpaired) electrons. The Morgan fingerprint density at radius 1 is 0.931 bits per heavy atom. The fourth-order valence-electron chi connectivity index (χ4n) is 9.46. The van der Waals surface area contributed by atoms with Gasteiger partial charge in [-0.3, -0.25) is 34.2 Å². The molecule has 5 aliphatic heterocycles. The Morgan fingerprint density at radius 2 is 1.60 bits per heavy atom. The van der Waals surface area contributed by atoms with E-state index in [1.807, 2.05) is 43.0 Å². The van der Waals surface area contributed by atoms with E-state index in [9.17, 15) is 29.2 Å². The number of anilines is 2. The van der Waals surface area contributed by atoms with Gasteiger partial charge in [0.15, 0.2) is 6.29 Å². The van der Waals surface area contributed by atoms with Crippen molar-refractivity contribution < 1.29 is 24.0 Å². The molecule has 5 heterocycles. The minimum Gasteiger partial charge on any atom is -0.371 e. The Hall–Kier alpha value is -5.25. The van der Waals surface area contributed by atoms with Crippen molar-refractivity contribution in [3.05, 3.63) is 93.0 Å². The second-order valence-corrected chi connectivity index (χ2v) is 16.7. The maximum absolute atomic E-state index is 13.6. The summed E-state index contributed by atoms with van der Waals surface area (Å²) in [4.78, 5) is 73.6. The number of amides is 4. The van der Waals surface area contributed by atoms with Gasteiger partial charge >= 0.3 is 0 Å². The SMILES string of the molecule is CC.CN(C(=O)c1cc2c(cc1C=O)CN(C[C@@H]1CCN(C(=O)c3ccc(N4CCC5(CC4)CCN(c4ccc(C#N)c(Cl)c4)C5)cc3)C1)C2)C1CCC(=O)NC1=O. The summed E-state index contributed by atoms with van der Waals surface area (Å²) in [7, 11) is 1.53. The van der Waals surface area contributed by atoms with Crippen molar-refractivity contribution >= 4 is 52.9 Å². The van der Waals surface area contributed by atoms with Gasteiger partial charge in [-0.2, -0.15) is 5.26 Å². The van der Waals surface area contributed by atoms with Crippen LogP contribution in [-0.2, 0) is 22.7 Å². The molecule has 304 valence electrons. The molecule has 1 unspecified atom stereocenters. The molecule has 5 aliphatic rings. The zero-order valence-corrected chi connectivity index (χ0v) is 34.4. The van der Waals surface area contributed by atoms with Gasteiger partial charge in [-0.15, -0.1) is 0 Å². The first-order chi connectivity index (χ1) is 28.0. The Bertz CT molecular complexity index is 2130. The van der Waals surface area contributed by atoms with Crippen molar-refractivity contribution in [2.75, 3.05) is 62.7 Å². The Balaban J connectivity index is 0.00000252. The van der Waals surface area contributed by atoms with E-state index in [2.05, 4.69) is 38.2 Å². The highest BCUT2D eigenvalue weighted by Gasteiger charge is 2.41. The number of likely N-dealkylation sites (tertiary alicyclic amines) is 1. The van der Waals surface area contributed by atoms with Gasteiger partial charge in [0, 0.05) is 94.9 Å². The van der Waals surface area contributed by atoms with Crippen LogP contribution in [0.4, 0.5) is 11.4 Å². The second-order valence-electron chi connectivity index (χ2n) is 16.3. The highest BCUT2D eigenvalue weighted by atomic mass is 35.5. The predicted octanol–water partition coefficient (Wildman–Crippen LogP) is 5.90. The molecule has 0 saturated carbocycles. The minimum atomic E-state index is -0.772. The van der Waals surface area contributed by atoms with Gasteiger partial charge in [0.05, 0.1) is 16.1 Å². The molecule has 3 aromatic carbocycles. The van der Waals surface area contributed by atoms with Crippen LogP contribution in [0.5, 0.6) is 0 Å². The van der Waals surface area contributed by atoms with E-state index in [-0.39, 0.29) is 41.2 Å². The number of hydrogen-bond acceptors (Lipinski definition) is 9. The summed E-state index contributed by atoms with van der Waals surface area (Å²) in [6.45, 7) is 11.4. The van der Waals surface area contributed by atoms with Gasteiger partial charge in [0.2, 0.25) is 11.8 Å². The third kappa shape index (κ3) is 8.34. The average molecular weight is 806 g/mol. The summed E-state index contributed by atoms with van der Waals surface area (Å²) in [5.74, 6) is -0.923. The molecule has 3 aromatic rings. The number of nitrogens with zero attached hydrogens (tertiary/aromatic N) is 6.